The van der Waals surface area contributed by atoms with Crippen LogP contribution in [0.15, 0.2) is 54.6 Å². The van der Waals surface area contributed by atoms with E-state index in [-0.39, 0.29) is 23.9 Å². The molecule has 2 aromatic carbocycles. The smallest absolute Gasteiger partial charge is 0.317 e. The number of urea groups is 1. The second-order valence-electron chi connectivity index (χ2n) is 7.87. The molecule has 0 saturated carbocycles. The van der Waals surface area contributed by atoms with Crippen LogP contribution in [0.4, 0.5) is 16.2 Å². The molecule has 1 aliphatic heterocycles. The molecule has 3 rings (SSSR count). The summed E-state index contributed by atoms with van der Waals surface area (Å²) in [7, 11) is 0. The van der Waals surface area contributed by atoms with Crippen LogP contribution >= 0.6 is 0 Å². The minimum absolute atomic E-state index is 0.0317. The number of nitrogens with zero attached hydrogens (tertiary/aromatic N) is 2. The Balaban J connectivity index is 1.42. The molecule has 8 heteroatoms. The van der Waals surface area contributed by atoms with Gasteiger partial charge >= 0.3 is 6.03 Å². The van der Waals surface area contributed by atoms with E-state index >= 15 is 0 Å². The van der Waals surface area contributed by atoms with Gasteiger partial charge in [-0.2, -0.15) is 0 Å². The SMILES string of the molecule is CCC(=O)Nc1ccc(C(C)NC(=O)N2CCN(CC(=O)Nc3ccccc3)CC2)cc1. The molecule has 0 bridgehead atoms. The van der Waals surface area contributed by atoms with Crippen LogP contribution in [0.1, 0.15) is 31.9 Å². The van der Waals surface area contributed by atoms with Crippen molar-refractivity contribution in [2.45, 2.75) is 26.3 Å². The third kappa shape index (κ3) is 6.81. The van der Waals surface area contributed by atoms with Crippen molar-refractivity contribution in [2.24, 2.45) is 0 Å². The fraction of sp³-hybridized carbons (Fsp3) is 0.375. The number of carbonyl (C=O) groups is 3. The molecule has 1 fully saturated rings. The van der Waals surface area contributed by atoms with Gasteiger partial charge in [-0.3, -0.25) is 14.5 Å². The number of hydrogen-bond donors (Lipinski definition) is 3. The number of amides is 4. The number of rotatable bonds is 7. The fourth-order valence-electron chi connectivity index (χ4n) is 3.50. The van der Waals surface area contributed by atoms with E-state index in [0.29, 0.717) is 39.1 Å². The molecule has 1 saturated heterocycles. The van der Waals surface area contributed by atoms with E-state index in [0.717, 1.165) is 16.9 Å². The van der Waals surface area contributed by atoms with Crippen molar-refractivity contribution in [3.63, 3.8) is 0 Å². The maximum atomic E-state index is 12.7. The van der Waals surface area contributed by atoms with Crippen LogP contribution in [0.2, 0.25) is 0 Å². The first kappa shape index (κ1) is 23.3. The van der Waals surface area contributed by atoms with E-state index in [1.165, 1.54) is 0 Å². The molecule has 0 aliphatic carbocycles. The van der Waals surface area contributed by atoms with Crippen molar-refractivity contribution < 1.29 is 14.4 Å². The van der Waals surface area contributed by atoms with Gasteiger partial charge in [0, 0.05) is 44.0 Å². The fourth-order valence-corrected chi connectivity index (χ4v) is 3.50. The largest absolute Gasteiger partial charge is 0.331 e. The van der Waals surface area contributed by atoms with Crippen molar-refractivity contribution in [1.29, 1.82) is 0 Å². The molecule has 32 heavy (non-hydrogen) atoms. The summed E-state index contributed by atoms with van der Waals surface area (Å²) in [5.74, 6) is -0.0860. The minimum atomic E-state index is -0.159. The predicted octanol–water partition coefficient (Wildman–Crippen LogP) is 3.06. The molecule has 1 unspecified atom stereocenters. The van der Waals surface area contributed by atoms with E-state index in [1.807, 2.05) is 61.5 Å². The number of benzene rings is 2. The van der Waals surface area contributed by atoms with E-state index in [2.05, 4.69) is 20.9 Å². The van der Waals surface area contributed by atoms with Gasteiger partial charge in [0.05, 0.1) is 12.6 Å². The zero-order valence-electron chi connectivity index (χ0n) is 18.6. The second kappa shape index (κ2) is 11.3. The molecule has 1 atom stereocenters. The summed E-state index contributed by atoms with van der Waals surface area (Å²) in [6, 6.07) is 16.6. The van der Waals surface area contributed by atoms with Crippen LogP contribution in [0, 0.1) is 0 Å². The lowest BCUT2D eigenvalue weighted by molar-refractivity contribution is -0.117. The van der Waals surface area contributed by atoms with Gasteiger partial charge in [-0.05, 0) is 36.8 Å². The van der Waals surface area contributed by atoms with Gasteiger partial charge in [0.2, 0.25) is 11.8 Å². The zero-order valence-corrected chi connectivity index (χ0v) is 18.6. The molecular weight excluding hydrogens is 406 g/mol. The van der Waals surface area contributed by atoms with Gasteiger partial charge < -0.3 is 20.9 Å². The van der Waals surface area contributed by atoms with Crippen LogP contribution in [0.3, 0.4) is 0 Å². The summed E-state index contributed by atoms with van der Waals surface area (Å²) < 4.78 is 0. The Kier molecular flexibility index (Phi) is 8.21. The number of piperazine rings is 1. The van der Waals surface area contributed by atoms with E-state index in [9.17, 15) is 14.4 Å². The number of nitrogens with one attached hydrogen (secondary N) is 3. The molecule has 170 valence electrons. The van der Waals surface area contributed by atoms with Gasteiger partial charge in [-0.15, -0.1) is 0 Å². The number of carbonyl (C=O) groups excluding carboxylic acids is 3. The predicted molar refractivity (Wildman–Crippen MR) is 125 cm³/mol. The second-order valence-corrected chi connectivity index (χ2v) is 7.87. The Labute approximate surface area is 189 Å². The normalized spacial score (nSPS) is 15.0. The zero-order chi connectivity index (χ0) is 22.9. The van der Waals surface area contributed by atoms with Gasteiger partial charge in [-0.25, -0.2) is 4.79 Å². The van der Waals surface area contributed by atoms with Crippen molar-refractivity contribution in [2.75, 3.05) is 43.4 Å². The summed E-state index contributed by atoms with van der Waals surface area (Å²) in [5, 5.41) is 8.73. The maximum Gasteiger partial charge on any atom is 0.317 e. The van der Waals surface area contributed by atoms with Gasteiger partial charge in [0.25, 0.3) is 0 Å². The van der Waals surface area contributed by atoms with Crippen LogP contribution in [-0.4, -0.2) is 60.4 Å². The lowest BCUT2D eigenvalue weighted by Gasteiger charge is -2.35. The molecule has 1 heterocycles. The molecule has 1 aliphatic rings. The highest BCUT2D eigenvalue weighted by Crippen LogP contribution is 2.17. The number of anilines is 2. The lowest BCUT2D eigenvalue weighted by Crippen LogP contribution is -2.53. The van der Waals surface area contributed by atoms with E-state index in [1.54, 1.807) is 11.8 Å². The molecule has 0 radical (unpaired) electrons. The Morgan fingerprint density at radius 2 is 1.44 bits per heavy atom. The average molecular weight is 438 g/mol. The van der Waals surface area contributed by atoms with Crippen molar-refractivity contribution in [1.82, 2.24) is 15.1 Å². The highest BCUT2D eigenvalue weighted by atomic mass is 16.2. The first-order chi connectivity index (χ1) is 15.4. The molecule has 2 aromatic rings. The van der Waals surface area contributed by atoms with Crippen molar-refractivity contribution in [3.8, 4) is 0 Å². The summed E-state index contributed by atoms with van der Waals surface area (Å²) in [5.41, 5.74) is 2.49. The van der Waals surface area contributed by atoms with Crippen LogP contribution in [0.5, 0.6) is 0 Å². The minimum Gasteiger partial charge on any atom is -0.331 e. The van der Waals surface area contributed by atoms with E-state index in [4.69, 9.17) is 0 Å². The molecule has 8 nitrogen and oxygen atoms in total. The number of para-hydroxylation sites is 1. The molecule has 0 aromatic heterocycles. The molecule has 4 amide bonds. The highest BCUT2D eigenvalue weighted by molar-refractivity contribution is 5.92. The summed E-state index contributed by atoms with van der Waals surface area (Å²) in [6.45, 7) is 6.48. The maximum absolute atomic E-state index is 12.7. The van der Waals surface area contributed by atoms with Crippen LogP contribution in [0.25, 0.3) is 0 Å². The topological polar surface area (TPSA) is 93.8 Å². The monoisotopic (exact) mass is 437 g/mol. The van der Waals surface area contributed by atoms with Crippen molar-refractivity contribution in [3.05, 3.63) is 60.2 Å². The van der Waals surface area contributed by atoms with Crippen LogP contribution < -0.4 is 16.0 Å². The Morgan fingerprint density at radius 3 is 2.06 bits per heavy atom. The first-order valence-electron chi connectivity index (χ1n) is 11.0. The van der Waals surface area contributed by atoms with Gasteiger partial charge in [0.1, 0.15) is 0 Å². The van der Waals surface area contributed by atoms with Gasteiger partial charge in [0.15, 0.2) is 0 Å². The lowest BCUT2D eigenvalue weighted by atomic mass is 10.1. The van der Waals surface area contributed by atoms with Crippen molar-refractivity contribution >= 4 is 29.2 Å². The standard InChI is InChI=1S/C24H31N5O3/c1-3-22(30)26-21-11-9-19(10-12-21)18(2)25-24(32)29-15-13-28(14-16-29)17-23(31)27-20-7-5-4-6-8-20/h4-12,18H,3,13-17H2,1-2H3,(H,25,32)(H,26,30)(H,27,31). The van der Waals surface area contributed by atoms with E-state index < -0.39 is 0 Å². The molecule has 0 spiro atoms. The Bertz CT molecular complexity index is 909. The molecule has 3 N–H and O–H groups in total. The average Bonchev–Trinajstić information content (AvgIpc) is 2.80. The first-order valence-corrected chi connectivity index (χ1v) is 11.0. The number of hydrogen-bond acceptors (Lipinski definition) is 4. The molecular formula is C24H31N5O3. The third-order valence-electron chi connectivity index (χ3n) is 5.44. The Morgan fingerprint density at radius 1 is 0.844 bits per heavy atom. The highest BCUT2D eigenvalue weighted by Gasteiger charge is 2.23. The van der Waals surface area contributed by atoms with Gasteiger partial charge in [-0.1, -0.05) is 37.3 Å². The quantitative estimate of drug-likeness (QED) is 0.621. The summed E-state index contributed by atoms with van der Waals surface area (Å²) in [4.78, 5) is 40.2. The van der Waals surface area contributed by atoms with Crippen LogP contribution in [-0.2, 0) is 9.59 Å². The Hall–Kier alpha value is -3.39. The summed E-state index contributed by atoms with van der Waals surface area (Å²) >= 11 is 0. The summed E-state index contributed by atoms with van der Waals surface area (Å²) in [6.07, 6.45) is 0.430. The third-order valence-corrected chi connectivity index (χ3v) is 5.44.